The molecule has 1 amide bonds. The highest BCUT2D eigenvalue weighted by molar-refractivity contribution is 5.94. The summed E-state index contributed by atoms with van der Waals surface area (Å²) in [7, 11) is 0. The fourth-order valence-corrected chi connectivity index (χ4v) is 3.33. The highest BCUT2D eigenvalue weighted by Gasteiger charge is 2.41. The highest BCUT2D eigenvalue weighted by Crippen LogP contribution is 2.38. The third kappa shape index (κ3) is 2.52. The second-order valence-electron chi connectivity index (χ2n) is 6.23. The Morgan fingerprint density at radius 3 is 2.90 bits per heavy atom. The molecule has 4 nitrogen and oxygen atoms in total. The molecule has 0 bridgehead atoms. The molecule has 0 aromatic heterocycles. The molecule has 4 heteroatoms. The number of carbonyl (C=O) groups excluding carboxylic acids is 1. The molecule has 0 radical (unpaired) electrons. The van der Waals surface area contributed by atoms with E-state index in [-0.39, 0.29) is 17.7 Å². The van der Waals surface area contributed by atoms with Crippen molar-refractivity contribution >= 4 is 5.91 Å². The van der Waals surface area contributed by atoms with E-state index < -0.39 is 0 Å². The van der Waals surface area contributed by atoms with E-state index in [0.29, 0.717) is 11.1 Å². The van der Waals surface area contributed by atoms with Crippen LogP contribution in [0.3, 0.4) is 0 Å². The predicted octanol–water partition coefficient (Wildman–Crippen LogP) is 2.11. The van der Waals surface area contributed by atoms with Crippen molar-refractivity contribution in [2.24, 2.45) is 0 Å². The van der Waals surface area contributed by atoms with E-state index in [1.165, 1.54) is 19.3 Å². The molecule has 1 saturated heterocycles. The molecular formula is C16H22N2O2. The number of piperidine rings is 1. The first-order chi connectivity index (χ1) is 9.58. The summed E-state index contributed by atoms with van der Waals surface area (Å²) in [6, 6.07) is 5.26. The van der Waals surface area contributed by atoms with Gasteiger partial charge in [-0.25, -0.2) is 0 Å². The molecule has 1 aromatic carbocycles. The maximum atomic E-state index is 12.3. The largest absolute Gasteiger partial charge is 0.508 e. The number of phenolic OH excluding ortho intramolecular Hbond substituents is 1. The van der Waals surface area contributed by atoms with E-state index in [1.807, 2.05) is 0 Å². The van der Waals surface area contributed by atoms with Gasteiger partial charge in [0, 0.05) is 17.1 Å². The molecule has 1 heterocycles. The van der Waals surface area contributed by atoms with Crippen LogP contribution in [-0.4, -0.2) is 29.1 Å². The fraction of sp³-hybridized carbons (Fsp3) is 0.562. The molecule has 1 saturated carbocycles. The summed E-state index contributed by atoms with van der Waals surface area (Å²) in [5.41, 5.74) is 1.65. The van der Waals surface area contributed by atoms with Crippen molar-refractivity contribution in [3.8, 4) is 5.75 Å². The van der Waals surface area contributed by atoms with Crippen LogP contribution in [0.15, 0.2) is 18.2 Å². The van der Waals surface area contributed by atoms with Crippen LogP contribution in [0, 0.1) is 6.92 Å². The molecule has 1 aliphatic carbocycles. The summed E-state index contributed by atoms with van der Waals surface area (Å²) in [5.74, 6) is 0.200. The van der Waals surface area contributed by atoms with Gasteiger partial charge in [0.2, 0.25) is 0 Å². The maximum Gasteiger partial charge on any atom is 0.251 e. The Morgan fingerprint density at radius 2 is 2.25 bits per heavy atom. The van der Waals surface area contributed by atoms with Crippen molar-refractivity contribution in [2.75, 3.05) is 6.54 Å². The van der Waals surface area contributed by atoms with Crippen LogP contribution in [0.2, 0.25) is 0 Å². The minimum absolute atomic E-state index is 0.0329. The summed E-state index contributed by atoms with van der Waals surface area (Å²) in [5, 5.41) is 16.3. The first kappa shape index (κ1) is 13.4. The monoisotopic (exact) mass is 274 g/mol. The predicted molar refractivity (Wildman–Crippen MR) is 77.9 cm³/mol. The molecule has 3 N–H and O–H groups in total. The van der Waals surface area contributed by atoms with E-state index in [9.17, 15) is 9.90 Å². The molecule has 1 spiro atoms. The van der Waals surface area contributed by atoms with Gasteiger partial charge in [0.15, 0.2) is 0 Å². The van der Waals surface area contributed by atoms with Crippen LogP contribution in [0.5, 0.6) is 5.75 Å². The zero-order valence-corrected chi connectivity index (χ0v) is 11.9. The Kier molecular flexibility index (Phi) is 3.42. The molecule has 1 aliphatic heterocycles. The second-order valence-corrected chi connectivity index (χ2v) is 6.23. The first-order valence-electron chi connectivity index (χ1n) is 7.44. The number of benzene rings is 1. The number of nitrogens with one attached hydrogen (secondary N) is 2. The van der Waals surface area contributed by atoms with Crippen molar-refractivity contribution in [2.45, 2.75) is 50.6 Å². The van der Waals surface area contributed by atoms with E-state index in [2.05, 4.69) is 10.6 Å². The molecule has 2 fully saturated rings. The SMILES string of the molecule is Cc1cc(C(=O)NC2CCNC3(CCC3)C2)ccc1O. The highest BCUT2D eigenvalue weighted by atomic mass is 16.3. The number of amides is 1. The smallest absolute Gasteiger partial charge is 0.251 e. The van der Waals surface area contributed by atoms with Gasteiger partial charge in [-0.05, 0) is 69.3 Å². The van der Waals surface area contributed by atoms with E-state index in [4.69, 9.17) is 0 Å². The summed E-state index contributed by atoms with van der Waals surface area (Å²) in [4.78, 5) is 12.3. The average molecular weight is 274 g/mol. The van der Waals surface area contributed by atoms with Gasteiger partial charge in [-0.2, -0.15) is 0 Å². The van der Waals surface area contributed by atoms with Crippen molar-refractivity contribution in [3.63, 3.8) is 0 Å². The molecule has 2 aliphatic rings. The minimum atomic E-state index is -0.0329. The lowest BCUT2D eigenvalue weighted by molar-refractivity contribution is 0.0853. The van der Waals surface area contributed by atoms with Crippen molar-refractivity contribution < 1.29 is 9.90 Å². The number of rotatable bonds is 2. The van der Waals surface area contributed by atoms with Crippen molar-refractivity contribution in [1.82, 2.24) is 10.6 Å². The number of hydrogen-bond acceptors (Lipinski definition) is 3. The lowest BCUT2D eigenvalue weighted by atomic mass is 9.70. The van der Waals surface area contributed by atoms with Gasteiger partial charge in [-0.15, -0.1) is 0 Å². The van der Waals surface area contributed by atoms with Crippen LogP contribution in [0.25, 0.3) is 0 Å². The topological polar surface area (TPSA) is 61.4 Å². The molecule has 20 heavy (non-hydrogen) atoms. The normalized spacial score (nSPS) is 24.1. The zero-order chi connectivity index (χ0) is 14.2. The van der Waals surface area contributed by atoms with Gasteiger partial charge in [-0.1, -0.05) is 0 Å². The number of hydrogen-bond donors (Lipinski definition) is 3. The van der Waals surface area contributed by atoms with Gasteiger partial charge >= 0.3 is 0 Å². The Labute approximate surface area is 119 Å². The van der Waals surface area contributed by atoms with Gasteiger partial charge in [0.1, 0.15) is 5.75 Å². The molecular weight excluding hydrogens is 252 g/mol. The van der Waals surface area contributed by atoms with E-state index in [1.54, 1.807) is 25.1 Å². The summed E-state index contributed by atoms with van der Waals surface area (Å²) in [6.45, 7) is 2.79. The van der Waals surface area contributed by atoms with Gasteiger partial charge in [-0.3, -0.25) is 4.79 Å². The van der Waals surface area contributed by atoms with Crippen LogP contribution in [0.4, 0.5) is 0 Å². The van der Waals surface area contributed by atoms with Crippen LogP contribution in [0.1, 0.15) is 48.0 Å². The molecule has 1 unspecified atom stereocenters. The fourth-order valence-electron chi connectivity index (χ4n) is 3.33. The second kappa shape index (κ2) is 5.09. The Balaban J connectivity index is 1.64. The Bertz CT molecular complexity index is 523. The molecule has 108 valence electrons. The maximum absolute atomic E-state index is 12.3. The Hall–Kier alpha value is -1.55. The zero-order valence-electron chi connectivity index (χ0n) is 11.9. The molecule has 3 rings (SSSR count). The summed E-state index contributed by atoms with van der Waals surface area (Å²) in [6.07, 6.45) is 5.79. The number of carbonyl (C=O) groups is 1. The van der Waals surface area contributed by atoms with Crippen LogP contribution in [-0.2, 0) is 0 Å². The minimum Gasteiger partial charge on any atom is -0.508 e. The summed E-state index contributed by atoms with van der Waals surface area (Å²) < 4.78 is 0. The van der Waals surface area contributed by atoms with Gasteiger partial charge < -0.3 is 15.7 Å². The van der Waals surface area contributed by atoms with Crippen LogP contribution < -0.4 is 10.6 Å². The Morgan fingerprint density at radius 1 is 1.45 bits per heavy atom. The van der Waals surface area contributed by atoms with Crippen molar-refractivity contribution in [1.29, 1.82) is 0 Å². The number of phenols is 1. The average Bonchev–Trinajstić information content (AvgIpc) is 2.40. The standard InChI is InChI=1S/C16H22N2O2/c1-11-9-12(3-4-14(11)19)15(20)18-13-5-8-17-16(10-13)6-2-7-16/h3-4,9,13,17,19H,2,5-8,10H2,1H3,(H,18,20). The molecule has 1 atom stereocenters. The van der Waals surface area contributed by atoms with Gasteiger partial charge in [0.25, 0.3) is 5.91 Å². The number of aryl methyl sites for hydroxylation is 1. The molecule has 1 aromatic rings. The van der Waals surface area contributed by atoms with Gasteiger partial charge in [0.05, 0.1) is 0 Å². The van der Waals surface area contributed by atoms with E-state index in [0.717, 1.165) is 24.9 Å². The van der Waals surface area contributed by atoms with E-state index >= 15 is 0 Å². The third-order valence-electron chi connectivity index (χ3n) is 4.73. The lowest BCUT2D eigenvalue weighted by Gasteiger charge is -2.48. The van der Waals surface area contributed by atoms with Crippen molar-refractivity contribution in [3.05, 3.63) is 29.3 Å². The summed E-state index contributed by atoms with van der Waals surface area (Å²) >= 11 is 0. The van der Waals surface area contributed by atoms with Crippen LogP contribution >= 0.6 is 0 Å². The number of aromatic hydroxyl groups is 1. The quantitative estimate of drug-likeness (QED) is 0.774. The third-order valence-corrected chi connectivity index (χ3v) is 4.73. The first-order valence-corrected chi connectivity index (χ1v) is 7.44. The lowest BCUT2D eigenvalue weighted by Crippen LogP contribution is -2.59.